The van der Waals surface area contributed by atoms with E-state index in [1.165, 1.54) is 22.5 Å². The molecule has 3 rings (SSSR count). The number of carbonyl (C=O) groups is 1. The van der Waals surface area contributed by atoms with E-state index in [9.17, 15) is 18.5 Å². The fraction of sp³-hybridized carbons (Fsp3) is 0.238. The van der Waals surface area contributed by atoms with E-state index in [2.05, 4.69) is 5.32 Å². The third-order valence-electron chi connectivity index (χ3n) is 4.52. The van der Waals surface area contributed by atoms with Crippen molar-refractivity contribution >= 4 is 27.7 Å². The zero-order chi connectivity index (χ0) is 20.0. The summed E-state index contributed by atoms with van der Waals surface area (Å²) in [5.41, 5.74) is 1.00. The van der Waals surface area contributed by atoms with Gasteiger partial charge in [0, 0.05) is 18.8 Å². The van der Waals surface area contributed by atoms with E-state index in [1.807, 2.05) is 24.3 Å². The summed E-state index contributed by atoms with van der Waals surface area (Å²) in [5.74, 6) is -0.584. The Balaban J connectivity index is 1.79. The van der Waals surface area contributed by atoms with Gasteiger partial charge in [0.25, 0.3) is 5.91 Å². The number of anilines is 1. The number of nitriles is 1. The highest BCUT2D eigenvalue weighted by Gasteiger charge is 2.26. The number of rotatable bonds is 5. The minimum atomic E-state index is -3.59. The topological polar surface area (TPSA) is 90.3 Å². The fourth-order valence-electron chi connectivity index (χ4n) is 3.05. The van der Waals surface area contributed by atoms with E-state index >= 15 is 0 Å². The summed E-state index contributed by atoms with van der Waals surface area (Å²) in [4.78, 5) is 12.6. The lowest BCUT2D eigenvalue weighted by Crippen LogP contribution is -2.35. The second-order valence-corrected chi connectivity index (χ2v) is 8.47. The monoisotopic (exact) mass is 395 g/mol. The van der Waals surface area contributed by atoms with Crippen molar-refractivity contribution in [1.29, 1.82) is 5.26 Å². The van der Waals surface area contributed by atoms with Crippen LogP contribution >= 0.6 is 0 Å². The molecule has 28 heavy (non-hydrogen) atoms. The van der Waals surface area contributed by atoms with Crippen molar-refractivity contribution in [2.45, 2.75) is 24.2 Å². The third kappa shape index (κ3) is 4.66. The highest BCUT2D eigenvalue weighted by molar-refractivity contribution is 7.89. The number of nitrogens with one attached hydrogen (secondary N) is 1. The molecule has 1 N–H and O–H groups in total. The van der Waals surface area contributed by atoms with Crippen molar-refractivity contribution < 1.29 is 13.2 Å². The lowest BCUT2D eigenvalue weighted by Gasteiger charge is -2.26. The number of hydrogen-bond acceptors (Lipinski definition) is 4. The molecule has 1 aliphatic rings. The lowest BCUT2D eigenvalue weighted by atomic mass is 10.1. The molecule has 0 radical (unpaired) electrons. The van der Waals surface area contributed by atoms with Crippen LogP contribution < -0.4 is 5.32 Å². The number of nitrogens with zero attached hydrogens (tertiary/aromatic N) is 2. The summed E-state index contributed by atoms with van der Waals surface area (Å²) < 4.78 is 27.1. The van der Waals surface area contributed by atoms with Crippen LogP contribution in [0.25, 0.3) is 6.08 Å². The van der Waals surface area contributed by atoms with Crippen LogP contribution in [0.15, 0.2) is 65.1 Å². The first-order valence-electron chi connectivity index (χ1n) is 9.09. The number of hydrogen-bond donors (Lipinski definition) is 1. The Morgan fingerprint density at radius 1 is 1.04 bits per heavy atom. The smallest absolute Gasteiger partial charge is 0.266 e. The van der Waals surface area contributed by atoms with E-state index in [0.717, 1.165) is 24.8 Å². The molecule has 7 heteroatoms. The molecule has 2 aromatic carbocycles. The molecule has 0 unspecified atom stereocenters. The van der Waals surface area contributed by atoms with Crippen LogP contribution in [0.2, 0.25) is 0 Å². The summed E-state index contributed by atoms with van der Waals surface area (Å²) in [7, 11) is -3.59. The molecule has 1 saturated heterocycles. The molecule has 2 aromatic rings. The van der Waals surface area contributed by atoms with Gasteiger partial charge >= 0.3 is 0 Å². The van der Waals surface area contributed by atoms with Crippen LogP contribution in [-0.2, 0) is 14.8 Å². The maximum absolute atomic E-state index is 12.8. The first kappa shape index (κ1) is 19.8. The summed E-state index contributed by atoms with van der Waals surface area (Å²) in [6, 6.07) is 17.1. The molecule has 0 atom stereocenters. The molecule has 1 aliphatic heterocycles. The molecule has 1 heterocycles. The Kier molecular flexibility index (Phi) is 6.24. The number of sulfonamides is 1. The maximum Gasteiger partial charge on any atom is 0.266 e. The van der Waals surface area contributed by atoms with E-state index < -0.39 is 15.9 Å². The Bertz CT molecular complexity index is 1020. The van der Waals surface area contributed by atoms with Crippen molar-refractivity contribution in [3.8, 4) is 6.07 Å². The van der Waals surface area contributed by atoms with Gasteiger partial charge in [-0.1, -0.05) is 42.8 Å². The number of carbonyl (C=O) groups excluding carboxylic acids is 1. The Hall–Kier alpha value is -2.95. The minimum absolute atomic E-state index is 0.0597. The average molecular weight is 395 g/mol. The van der Waals surface area contributed by atoms with E-state index in [-0.39, 0.29) is 10.5 Å². The second-order valence-electron chi connectivity index (χ2n) is 6.53. The standard InChI is InChI=1S/C21H21N3O3S/c22-16-18(14-17-8-3-1-4-9-17)21(25)23-19-10-7-11-20(15-19)28(26,27)24-12-5-2-6-13-24/h1,3-4,7-11,14-15H,2,5-6,12-13H2,(H,23,25)/b18-14+. The minimum Gasteiger partial charge on any atom is -0.321 e. The fourth-order valence-corrected chi connectivity index (χ4v) is 4.62. The summed E-state index contributed by atoms with van der Waals surface area (Å²) in [6.45, 7) is 1.02. The summed E-state index contributed by atoms with van der Waals surface area (Å²) in [6.07, 6.45) is 4.23. The number of piperidine rings is 1. The highest BCUT2D eigenvalue weighted by Crippen LogP contribution is 2.23. The van der Waals surface area contributed by atoms with Crippen molar-refractivity contribution in [2.24, 2.45) is 0 Å². The first-order valence-corrected chi connectivity index (χ1v) is 10.5. The normalized spacial score (nSPS) is 15.6. The number of amides is 1. The van der Waals surface area contributed by atoms with Crippen LogP contribution in [0.4, 0.5) is 5.69 Å². The van der Waals surface area contributed by atoms with Crippen molar-refractivity contribution in [2.75, 3.05) is 18.4 Å². The quantitative estimate of drug-likeness (QED) is 0.620. The van der Waals surface area contributed by atoms with Gasteiger partial charge in [0.2, 0.25) is 10.0 Å². The molecule has 6 nitrogen and oxygen atoms in total. The van der Waals surface area contributed by atoms with Gasteiger partial charge in [-0.25, -0.2) is 8.42 Å². The van der Waals surface area contributed by atoms with Crippen molar-refractivity contribution in [3.05, 3.63) is 65.7 Å². The SMILES string of the molecule is N#C/C(=C\c1ccccc1)C(=O)Nc1cccc(S(=O)(=O)N2CCCCC2)c1. The summed E-state index contributed by atoms with van der Waals surface area (Å²) in [5, 5.41) is 11.9. The van der Waals surface area contributed by atoms with Gasteiger partial charge in [0.15, 0.2) is 0 Å². The van der Waals surface area contributed by atoms with Gasteiger partial charge in [-0.05, 0) is 42.7 Å². The molecule has 0 aliphatic carbocycles. The van der Waals surface area contributed by atoms with Gasteiger partial charge in [0.1, 0.15) is 11.6 Å². The van der Waals surface area contributed by atoms with Crippen molar-refractivity contribution in [1.82, 2.24) is 4.31 Å². The van der Waals surface area contributed by atoms with E-state index in [4.69, 9.17) is 0 Å². The zero-order valence-electron chi connectivity index (χ0n) is 15.3. The average Bonchev–Trinajstić information content (AvgIpc) is 2.73. The molecule has 1 amide bonds. The molecule has 0 bridgehead atoms. The van der Waals surface area contributed by atoms with Crippen LogP contribution in [0.3, 0.4) is 0 Å². The Morgan fingerprint density at radius 2 is 1.75 bits per heavy atom. The third-order valence-corrected chi connectivity index (χ3v) is 6.42. The molecule has 1 fully saturated rings. The van der Waals surface area contributed by atoms with Gasteiger partial charge in [-0.15, -0.1) is 0 Å². The number of benzene rings is 2. The predicted molar refractivity (Wildman–Crippen MR) is 108 cm³/mol. The highest BCUT2D eigenvalue weighted by atomic mass is 32.2. The van der Waals surface area contributed by atoms with E-state index in [0.29, 0.717) is 18.8 Å². The Morgan fingerprint density at radius 3 is 2.43 bits per heavy atom. The van der Waals surface area contributed by atoms with Crippen LogP contribution in [0.5, 0.6) is 0 Å². The summed E-state index contributed by atoms with van der Waals surface area (Å²) >= 11 is 0. The van der Waals surface area contributed by atoms with Gasteiger partial charge in [-0.2, -0.15) is 9.57 Å². The molecular weight excluding hydrogens is 374 g/mol. The predicted octanol–water partition coefficient (Wildman–Crippen LogP) is 3.41. The van der Waals surface area contributed by atoms with Gasteiger partial charge in [-0.3, -0.25) is 4.79 Å². The van der Waals surface area contributed by atoms with Crippen LogP contribution in [0.1, 0.15) is 24.8 Å². The largest absolute Gasteiger partial charge is 0.321 e. The lowest BCUT2D eigenvalue weighted by molar-refractivity contribution is -0.112. The Labute approximate surface area is 165 Å². The zero-order valence-corrected chi connectivity index (χ0v) is 16.2. The molecular formula is C21H21N3O3S. The van der Waals surface area contributed by atoms with Crippen molar-refractivity contribution in [3.63, 3.8) is 0 Å². The molecule has 0 aromatic heterocycles. The molecule has 0 saturated carbocycles. The maximum atomic E-state index is 12.8. The van der Waals surface area contributed by atoms with Crippen LogP contribution in [0, 0.1) is 11.3 Å². The second kappa shape index (κ2) is 8.83. The van der Waals surface area contributed by atoms with Gasteiger partial charge < -0.3 is 5.32 Å². The first-order chi connectivity index (χ1) is 13.5. The van der Waals surface area contributed by atoms with Gasteiger partial charge in [0.05, 0.1) is 4.90 Å². The molecule has 144 valence electrons. The van der Waals surface area contributed by atoms with E-state index in [1.54, 1.807) is 24.3 Å². The van der Waals surface area contributed by atoms with Crippen LogP contribution in [-0.4, -0.2) is 31.7 Å². The molecule has 0 spiro atoms.